The van der Waals surface area contributed by atoms with Gasteiger partial charge in [0.05, 0.1) is 12.0 Å². The van der Waals surface area contributed by atoms with E-state index in [1.165, 1.54) is 17.0 Å². The van der Waals surface area contributed by atoms with Crippen molar-refractivity contribution in [2.24, 2.45) is 0 Å². The van der Waals surface area contributed by atoms with Crippen molar-refractivity contribution >= 4 is 11.6 Å². The van der Waals surface area contributed by atoms with Gasteiger partial charge in [0.2, 0.25) is 12.7 Å². The van der Waals surface area contributed by atoms with Gasteiger partial charge in [-0.25, -0.2) is 4.98 Å². The number of nitrogens with zero attached hydrogens (tertiary/aromatic N) is 3. The van der Waals surface area contributed by atoms with Crippen molar-refractivity contribution in [1.82, 2.24) is 9.55 Å². The Labute approximate surface area is 167 Å². The first kappa shape index (κ1) is 17.5. The van der Waals surface area contributed by atoms with Crippen molar-refractivity contribution in [3.8, 4) is 22.8 Å². The molecule has 0 fully saturated rings. The number of fused-ring (bicyclic) bond motifs is 2. The summed E-state index contributed by atoms with van der Waals surface area (Å²) in [6, 6.07) is 14.8. The van der Waals surface area contributed by atoms with Gasteiger partial charge in [0.1, 0.15) is 6.54 Å². The fourth-order valence-electron chi connectivity index (χ4n) is 3.78. The predicted octanol–water partition coefficient (Wildman–Crippen LogP) is 2.62. The molecule has 7 nitrogen and oxygen atoms in total. The van der Waals surface area contributed by atoms with E-state index in [1.54, 1.807) is 17.0 Å². The molecule has 0 aliphatic carbocycles. The Morgan fingerprint density at radius 2 is 1.93 bits per heavy atom. The molecule has 0 saturated heterocycles. The van der Waals surface area contributed by atoms with Gasteiger partial charge in [0, 0.05) is 23.9 Å². The first-order valence-corrected chi connectivity index (χ1v) is 9.54. The van der Waals surface area contributed by atoms with Crippen LogP contribution in [0.1, 0.15) is 12.0 Å². The highest BCUT2D eigenvalue weighted by Gasteiger charge is 2.22. The summed E-state index contributed by atoms with van der Waals surface area (Å²) in [7, 11) is 0. The number of carbonyl (C=O) groups is 1. The maximum absolute atomic E-state index is 12.9. The molecular weight excluding hydrogens is 370 g/mol. The number of anilines is 1. The number of aromatic nitrogens is 2. The normalized spacial score (nSPS) is 14.6. The minimum atomic E-state index is -0.272. The third-order valence-corrected chi connectivity index (χ3v) is 5.26. The molecule has 29 heavy (non-hydrogen) atoms. The van der Waals surface area contributed by atoms with Gasteiger partial charge in [-0.15, -0.1) is 0 Å². The Kier molecular flexibility index (Phi) is 4.27. The largest absolute Gasteiger partial charge is 0.454 e. The van der Waals surface area contributed by atoms with E-state index in [4.69, 9.17) is 9.47 Å². The maximum Gasteiger partial charge on any atom is 0.254 e. The van der Waals surface area contributed by atoms with Crippen molar-refractivity contribution in [2.45, 2.75) is 19.4 Å². The van der Waals surface area contributed by atoms with Crippen molar-refractivity contribution in [3.05, 3.63) is 70.8 Å². The quantitative estimate of drug-likeness (QED) is 0.689. The SMILES string of the molecule is O=C(Cn1cnc(-c2ccc3c(c2)OCO3)cc1=O)N1CCCc2ccccc21. The maximum atomic E-state index is 12.9. The molecule has 0 unspecified atom stereocenters. The Bertz CT molecular complexity index is 1150. The molecule has 2 aliphatic rings. The second-order valence-electron chi connectivity index (χ2n) is 7.09. The summed E-state index contributed by atoms with van der Waals surface area (Å²) in [4.78, 5) is 31.6. The van der Waals surface area contributed by atoms with Gasteiger partial charge in [0.25, 0.3) is 5.56 Å². The van der Waals surface area contributed by atoms with Crippen molar-refractivity contribution in [1.29, 1.82) is 0 Å². The molecule has 2 aliphatic heterocycles. The Hall–Kier alpha value is -3.61. The summed E-state index contributed by atoms with van der Waals surface area (Å²) in [5.41, 5.74) is 3.11. The molecule has 3 aromatic rings. The Morgan fingerprint density at radius 1 is 1.07 bits per heavy atom. The van der Waals surface area contributed by atoms with Crippen molar-refractivity contribution < 1.29 is 14.3 Å². The molecule has 1 amide bonds. The lowest BCUT2D eigenvalue weighted by Gasteiger charge is -2.29. The molecule has 7 heteroatoms. The van der Waals surface area contributed by atoms with E-state index >= 15 is 0 Å². The lowest BCUT2D eigenvalue weighted by atomic mass is 10.0. The van der Waals surface area contributed by atoms with Gasteiger partial charge < -0.3 is 14.4 Å². The van der Waals surface area contributed by atoms with Crippen LogP contribution in [0.15, 0.2) is 59.7 Å². The molecule has 1 aromatic heterocycles. The van der Waals surface area contributed by atoms with Crippen LogP contribution in [-0.4, -0.2) is 28.8 Å². The van der Waals surface area contributed by atoms with E-state index in [2.05, 4.69) is 4.98 Å². The third-order valence-electron chi connectivity index (χ3n) is 5.26. The van der Waals surface area contributed by atoms with Crippen LogP contribution in [0.3, 0.4) is 0 Å². The van der Waals surface area contributed by atoms with Crippen LogP contribution >= 0.6 is 0 Å². The van der Waals surface area contributed by atoms with E-state index in [-0.39, 0.29) is 24.8 Å². The summed E-state index contributed by atoms with van der Waals surface area (Å²) in [6.45, 7) is 0.810. The van der Waals surface area contributed by atoms with Crippen LogP contribution in [0, 0.1) is 0 Å². The van der Waals surface area contributed by atoms with Gasteiger partial charge in [-0.2, -0.15) is 0 Å². The molecule has 0 spiro atoms. The number of rotatable bonds is 3. The van der Waals surface area contributed by atoms with Crippen LogP contribution in [0.2, 0.25) is 0 Å². The fourth-order valence-corrected chi connectivity index (χ4v) is 3.78. The molecule has 0 N–H and O–H groups in total. The minimum absolute atomic E-state index is 0.0401. The van der Waals surface area contributed by atoms with Crippen LogP contribution in [0.25, 0.3) is 11.3 Å². The van der Waals surface area contributed by atoms with E-state index in [9.17, 15) is 9.59 Å². The number of benzene rings is 2. The molecule has 0 radical (unpaired) electrons. The molecule has 146 valence electrons. The zero-order chi connectivity index (χ0) is 19.8. The van der Waals surface area contributed by atoms with Gasteiger partial charge in [-0.05, 0) is 42.7 Å². The van der Waals surface area contributed by atoms with Crippen LogP contribution in [0.4, 0.5) is 5.69 Å². The summed E-state index contributed by atoms with van der Waals surface area (Å²) in [6.07, 6.45) is 3.31. The highest BCUT2D eigenvalue weighted by Crippen LogP contribution is 2.35. The molecule has 0 atom stereocenters. The highest BCUT2D eigenvalue weighted by molar-refractivity contribution is 5.94. The van der Waals surface area contributed by atoms with Crippen LogP contribution in [0.5, 0.6) is 11.5 Å². The van der Waals surface area contributed by atoms with Gasteiger partial charge >= 0.3 is 0 Å². The minimum Gasteiger partial charge on any atom is -0.454 e. The average Bonchev–Trinajstić information content (AvgIpc) is 3.22. The molecule has 0 saturated carbocycles. The third kappa shape index (κ3) is 3.24. The topological polar surface area (TPSA) is 73.7 Å². The number of hydrogen-bond donors (Lipinski definition) is 0. The summed E-state index contributed by atoms with van der Waals surface area (Å²) >= 11 is 0. The van der Waals surface area contributed by atoms with Gasteiger partial charge in [-0.3, -0.25) is 14.2 Å². The molecule has 5 rings (SSSR count). The lowest BCUT2D eigenvalue weighted by molar-refractivity contribution is -0.119. The smallest absolute Gasteiger partial charge is 0.254 e. The van der Waals surface area contributed by atoms with Crippen molar-refractivity contribution in [2.75, 3.05) is 18.2 Å². The Morgan fingerprint density at radius 3 is 2.83 bits per heavy atom. The number of carbonyl (C=O) groups excluding carboxylic acids is 1. The standard InChI is InChI=1S/C22H19N3O4/c26-21-11-17(16-7-8-19-20(10-16)29-14-28-19)23-13-24(21)12-22(27)25-9-3-5-15-4-1-2-6-18(15)25/h1-2,4,6-8,10-11,13H,3,5,9,12,14H2. The van der Waals surface area contributed by atoms with Crippen molar-refractivity contribution in [3.63, 3.8) is 0 Å². The van der Waals surface area contributed by atoms with E-state index in [0.29, 0.717) is 23.7 Å². The summed E-state index contributed by atoms with van der Waals surface area (Å²) in [5.74, 6) is 1.19. The van der Waals surface area contributed by atoms with Crippen LogP contribution < -0.4 is 19.9 Å². The summed E-state index contributed by atoms with van der Waals surface area (Å²) in [5, 5.41) is 0. The molecule has 2 aromatic carbocycles. The lowest BCUT2D eigenvalue weighted by Crippen LogP contribution is -2.39. The first-order chi connectivity index (χ1) is 14.2. The highest BCUT2D eigenvalue weighted by atomic mass is 16.7. The van der Waals surface area contributed by atoms with E-state index in [0.717, 1.165) is 29.7 Å². The Balaban J connectivity index is 1.38. The number of aryl methyl sites for hydroxylation is 1. The number of ether oxygens (including phenoxy) is 2. The monoisotopic (exact) mass is 389 g/mol. The van der Waals surface area contributed by atoms with E-state index < -0.39 is 0 Å². The second-order valence-corrected chi connectivity index (χ2v) is 7.09. The zero-order valence-corrected chi connectivity index (χ0v) is 15.7. The first-order valence-electron chi connectivity index (χ1n) is 9.54. The zero-order valence-electron chi connectivity index (χ0n) is 15.7. The number of para-hydroxylation sites is 1. The predicted molar refractivity (Wildman–Crippen MR) is 107 cm³/mol. The van der Waals surface area contributed by atoms with Gasteiger partial charge in [-0.1, -0.05) is 18.2 Å². The molecular formula is C22H19N3O4. The van der Waals surface area contributed by atoms with Gasteiger partial charge in [0.15, 0.2) is 11.5 Å². The number of amides is 1. The average molecular weight is 389 g/mol. The van der Waals surface area contributed by atoms with E-state index in [1.807, 2.05) is 30.3 Å². The molecule has 0 bridgehead atoms. The van der Waals surface area contributed by atoms with Crippen LogP contribution in [-0.2, 0) is 17.8 Å². The second kappa shape index (κ2) is 7.09. The fraction of sp³-hybridized carbons (Fsp3) is 0.227. The summed E-state index contributed by atoms with van der Waals surface area (Å²) < 4.78 is 12.0. The molecule has 3 heterocycles. The number of hydrogen-bond acceptors (Lipinski definition) is 5.